The molecule has 0 aromatic heterocycles. The maximum Gasteiger partial charge on any atom is 0.489 e. The first-order valence-electron chi connectivity index (χ1n) is 3.18. The molecule has 0 spiro atoms. The molecule has 0 saturated heterocycles. The monoisotopic (exact) mass is 181 g/mol. The zero-order chi connectivity index (χ0) is 9.14. The lowest BCUT2D eigenvalue weighted by atomic mass is 9.80. The third-order valence-electron chi connectivity index (χ3n) is 1.39. The zero-order valence-electron chi connectivity index (χ0n) is 6.03. The Morgan fingerprint density at radius 1 is 1.42 bits per heavy atom. The van der Waals surface area contributed by atoms with Gasteiger partial charge in [-0.3, -0.25) is 0 Å². The highest BCUT2D eigenvalue weighted by Crippen LogP contribution is 2.16. The highest BCUT2D eigenvalue weighted by atomic mass is 35.5. The van der Waals surface area contributed by atoms with Crippen molar-refractivity contribution in [3.8, 4) is 0 Å². The minimum absolute atomic E-state index is 0.193. The van der Waals surface area contributed by atoms with E-state index in [9.17, 15) is 0 Å². The summed E-state index contributed by atoms with van der Waals surface area (Å²) < 4.78 is 0. The van der Waals surface area contributed by atoms with Crippen LogP contribution in [0.15, 0.2) is 18.2 Å². The van der Waals surface area contributed by atoms with E-state index >= 15 is 0 Å². The van der Waals surface area contributed by atoms with E-state index in [0.717, 1.165) is 0 Å². The molecule has 0 atom stereocenters. The Labute approximate surface area is 75.2 Å². The van der Waals surface area contributed by atoms with Crippen LogP contribution in [0.2, 0.25) is 5.02 Å². The number of hydrogen-bond donors (Lipinski definition) is 2. The van der Waals surface area contributed by atoms with E-state index < -0.39 is 7.12 Å². The fraction of sp³-hybridized carbons (Fsp3) is 0. The van der Waals surface area contributed by atoms with Gasteiger partial charge in [0.05, 0.1) is 6.57 Å². The Morgan fingerprint density at radius 2 is 2.08 bits per heavy atom. The topological polar surface area (TPSA) is 44.8 Å². The van der Waals surface area contributed by atoms with Crippen molar-refractivity contribution in [2.24, 2.45) is 0 Å². The van der Waals surface area contributed by atoms with Crippen LogP contribution >= 0.6 is 11.6 Å². The number of benzene rings is 1. The maximum atomic E-state index is 8.76. The first kappa shape index (κ1) is 9.08. The average Bonchev–Trinajstić information content (AvgIpc) is 2.03. The summed E-state index contributed by atoms with van der Waals surface area (Å²) in [6, 6.07) is 4.29. The highest BCUT2D eigenvalue weighted by Gasteiger charge is 2.14. The summed E-state index contributed by atoms with van der Waals surface area (Å²) >= 11 is 5.64. The summed E-state index contributed by atoms with van der Waals surface area (Å²) in [5, 5.41) is 17.7. The van der Waals surface area contributed by atoms with Crippen LogP contribution in [0.3, 0.4) is 0 Å². The standard InChI is InChI=1S/C7H5BClNO2/c1-10-5-2-3-6(8(11)12)7(9)4-5/h2-4,11-12H. The van der Waals surface area contributed by atoms with Gasteiger partial charge in [-0.2, -0.15) is 0 Å². The molecule has 1 aromatic rings. The molecule has 0 saturated carbocycles. The van der Waals surface area contributed by atoms with E-state index in [1.165, 1.54) is 18.2 Å². The third kappa shape index (κ3) is 1.77. The Balaban J connectivity index is 3.14. The third-order valence-corrected chi connectivity index (χ3v) is 1.72. The fourth-order valence-corrected chi connectivity index (χ4v) is 1.07. The van der Waals surface area contributed by atoms with Gasteiger partial charge in [0.15, 0.2) is 5.69 Å². The molecular formula is C7H5BClNO2. The zero-order valence-corrected chi connectivity index (χ0v) is 6.78. The van der Waals surface area contributed by atoms with Crippen molar-refractivity contribution in [2.45, 2.75) is 0 Å². The van der Waals surface area contributed by atoms with Crippen molar-refractivity contribution in [2.75, 3.05) is 0 Å². The molecule has 12 heavy (non-hydrogen) atoms. The Hall–Kier alpha value is -1.02. The lowest BCUT2D eigenvalue weighted by molar-refractivity contribution is 0.426. The molecule has 0 radical (unpaired) electrons. The second kappa shape index (κ2) is 3.59. The van der Waals surface area contributed by atoms with Crippen LogP contribution in [0.4, 0.5) is 5.69 Å². The maximum absolute atomic E-state index is 8.76. The predicted octanol–water partition coefficient (Wildman–Crippen LogP) is 0.571. The number of hydrogen-bond acceptors (Lipinski definition) is 2. The summed E-state index contributed by atoms with van der Waals surface area (Å²) in [6.45, 7) is 6.66. The Morgan fingerprint density at radius 3 is 2.50 bits per heavy atom. The van der Waals surface area contributed by atoms with Crippen LogP contribution in [-0.2, 0) is 0 Å². The van der Waals surface area contributed by atoms with Gasteiger partial charge in [-0.25, -0.2) is 4.85 Å². The average molecular weight is 181 g/mol. The normalized spacial score (nSPS) is 9.17. The SMILES string of the molecule is [C-]#[N+]c1ccc(B(O)O)c(Cl)c1. The van der Waals surface area contributed by atoms with Crippen molar-refractivity contribution < 1.29 is 10.0 Å². The van der Waals surface area contributed by atoms with Gasteiger partial charge in [-0.05, 0) is 11.5 Å². The smallest absolute Gasteiger partial charge is 0.423 e. The van der Waals surface area contributed by atoms with E-state index in [2.05, 4.69) is 4.85 Å². The minimum atomic E-state index is -1.59. The van der Waals surface area contributed by atoms with Crippen molar-refractivity contribution >= 4 is 29.9 Å². The number of nitrogens with zero attached hydrogens (tertiary/aromatic N) is 1. The van der Waals surface area contributed by atoms with Gasteiger partial charge in [0, 0.05) is 5.02 Å². The lowest BCUT2D eigenvalue weighted by Gasteiger charge is -2.01. The van der Waals surface area contributed by atoms with Crippen LogP contribution in [0.5, 0.6) is 0 Å². The quantitative estimate of drug-likeness (QED) is 0.491. The van der Waals surface area contributed by atoms with Crippen LogP contribution in [-0.4, -0.2) is 17.2 Å². The van der Waals surface area contributed by atoms with Gasteiger partial charge in [0.1, 0.15) is 0 Å². The molecule has 0 aliphatic carbocycles. The fourth-order valence-electron chi connectivity index (χ4n) is 0.795. The minimum Gasteiger partial charge on any atom is -0.423 e. The van der Waals surface area contributed by atoms with Crippen molar-refractivity contribution in [3.63, 3.8) is 0 Å². The largest absolute Gasteiger partial charge is 0.489 e. The summed E-state index contributed by atoms with van der Waals surface area (Å²) in [5.41, 5.74) is 0.591. The summed E-state index contributed by atoms with van der Waals surface area (Å²) in [6.07, 6.45) is 0. The lowest BCUT2D eigenvalue weighted by Crippen LogP contribution is -2.30. The van der Waals surface area contributed by atoms with E-state index in [1.807, 2.05) is 0 Å². The summed E-state index contributed by atoms with van der Waals surface area (Å²) in [7, 11) is -1.59. The molecule has 0 heterocycles. The van der Waals surface area contributed by atoms with Gasteiger partial charge in [0.2, 0.25) is 0 Å². The van der Waals surface area contributed by atoms with Crippen molar-refractivity contribution in [1.29, 1.82) is 0 Å². The molecule has 60 valence electrons. The van der Waals surface area contributed by atoms with Crippen LogP contribution in [0, 0.1) is 6.57 Å². The van der Waals surface area contributed by atoms with Gasteiger partial charge >= 0.3 is 7.12 Å². The first-order valence-corrected chi connectivity index (χ1v) is 3.56. The van der Waals surface area contributed by atoms with Gasteiger partial charge < -0.3 is 10.0 Å². The van der Waals surface area contributed by atoms with Gasteiger partial charge in [-0.1, -0.05) is 23.7 Å². The second-order valence-corrected chi connectivity index (χ2v) is 2.60. The molecule has 0 amide bonds. The molecule has 2 N–H and O–H groups in total. The molecule has 0 unspecified atom stereocenters. The Bertz CT molecular complexity index is 335. The molecular weight excluding hydrogens is 176 g/mol. The molecule has 5 heteroatoms. The van der Waals surface area contributed by atoms with Crippen LogP contribution < -0.4 is 5.46 Å². The van der Waals surface area contributed by atoms with E-state index in [4.69, 9.17) is 28.2 Å². The summed E-state index contributed by atoms with van der Waals surface area (Å²) in [5.74, 6) is 0. The molecule has 0 aliphatic rings. The first-order chi connectivity index (χ1) is 5.65. The highest BCUT2D eigenvalue weighted by molar-refractivity contribution is 6.62. The van der Waals surface area contributed by atoms with Crippen molar-refractivity contribution in [1.82, 2.24) is 0 Å². The van der Waals surface area contributed by atoms with E-state index in [1.54, 1.807) is 0 Å². The second-order valence-electron chi connectivity index (χ2n) is 2.19. The Kier molecular flexibility index (Phi) is 2.72. The number of rotatable bonds is 1. The molecule has 1 aromatic carbocycles. The van der Waals surface area contributed by atoms with E-state index in [0.29, 0.717) is 5.69 Å². The molecule has 3 nitrogen and oxygen atoms in total. The van der Waals surface area contributed by atoms with E-state index in [-0.39, 0.29) is 10.5 Å². The molecule has 0 bridgehead atoms. The molecule has 0 aliphatic heterocycles. The van der Waals surface area contributed by atoms with Crippen molar-refractivity contribution in [3.05, 3.63) is 34.6 Å². The predicted molar refractivity (Wildman–Crippen MR) is 47.5 cm³/mol. The number of halogens is 1. The van der Waals surface area contributed by atoms with Gasteiger partial charge in [0.25, 0.3) is 0 Å². The van der Waals surface area contributed by atoms with Crippen LogP contribution in [0.1, 0.15) is 0 Å². The van der Waals surface area contributed by atoms with Gasteiger partial charge in [-0.15, -0.1) is 0 Å². The summed E-state index contributed by atoms with van der Waals surface area (Å²) in [4.78, 5) is 3.13. The molecule has 0 fully saturated rings. The molecule has 1 rings (SSSR count). The van der Waals surface area contributed by atoms with Crippen LogP contribution in [0.25, 0.3) is 4.85 Å².